The van der Waals surface area contributed by atoms with Gasteiger partial charge in [-0.3, -0.25) is 4.90 Å². The van der Waals surface area contributed by atoms with Gasteiger partial charge in [0.05, 0.1) is 0 Å². The van der Waals surface area contributed by atoms with Crippen molar-refractivity contribution in [3.63, 3.8) is 0 Å². The van der Waals surface area contributed by atoms with Gasteiger partial charge in [-0.15, -0.1) is 0 Å². The lowest BCUT2D eigenvalue weighted by molar-refractivity contribution is 0.247. The van der Waals surface area contributed by atoms with Crippen LogP contribution in [0.2, 0.25) is 0 Å². The topological polar surface area (TPSA) is 3.24 Å². The average molecular weight is 331 g/mol. The molecule has 3 aromatic rings. The van der Waals surface area contributed by atoms with Crippen LogP contribution in [-0.4, -0.2) is 18.0 Å². The molecule has 0 spiro atoms. The standard InChI is InChI=1S/C23H22FN/c24-23(22-11-10-19-8-4-5-9-21(19)16-22)20-12-14-25(15-13-20)17-18-6-2-1-3-7-18/h1-11,16H,12-15,17H2. The SMILES string of the molecule is FC(=C1CCN(Cc2ccccc2)CC1)c1ccc2ccccc2c1. The summed E-state index contributed by atoms with van der Waals surface area (Å²) in [5.41, 5.74) is 3.00. The fourth-order valence-electron chi connectivity index (χ4n) is 3.57. The van der Waals surface area contributed by atoms with Crippen LogP contribution in [0, 0.1) is 0 Å². The summed E-state index contributed by atoms with van der Waals surface area (Å²) >= 11 is 0. The Balaban J connectivity index is 1.47. The summed E-state index contributed by atoms with van der Waals surface area (Å²) in [6.45, 7) is 2.79. The number of rotatable bonds is 3. The van der Waals surface area contributed by atoms with Crippen molar-refractivity contribution in [3.05, 3.63) is 89.5 Å². The van der Waals surface area contributed by atoms with Crippen LogP contribution < -0.4 is 0 Å². The van der Waals surface area contributed by atoms with Gasteiger partial charge in [0.2, 0.25) is 0 Å². The van der Waals surface area contributed by atoms with E-state index in [4.69, 9.17) is 0 Å². The zero-order valence-corrected chi connectivity index (χ0v) is 14.3. The second-order valence-corrected chi connectivity index (χ2v) is 6.74. The maximum Gasteiger partial charge on any atom is 0.129 e. The van der Waals surface area contributed by atoms with E-state index in [2.05, 4.69) is 35.2 Å². The molecule has 1 nitrogen and oxygen atoms in total. The molecule has 0 unspecified atom stereocenters. The Labute approximate surface area is 148 Å². The lowest BCUT2D eigenvalue weighted by atomic mass is 9.98. The molecular formula is C23H22FN. The Hall–Kier alpha value is -2.45. The lowest BCUT2D eigenvalue weighted by Gasteiger charge is -2.28. The van der Waals surface area contributed by atoms with E-state index in [1.165, 1.54) is 5.56 Å². The Bertz CT molecular complexity index is 888. The van der Waals surface area contributed by atoms with Crippen LogP contribution in [0.1, 0.15) is 24.0 Å². The number of hydrogen-bond donors (Lipinski definition) is 0. The maximum absolute atomic E-state index is 15.0. The highest BCUT2D eigenvalue weighted by Crippen LogP contribution is 2.30. The molecule has 2 heteroatoms. The molecule has 0 N–H and O–H groups in total. The van der Waals surface area contributed by atoms with Crippen LogP contribution >= 0.6 is 0 Å². The molecule has 0 radical (unpaired) electrons. The molecule has 126 valence electrons. The van der Waals surface area contributed by atoms with E-state index in [0.717, 1.165) is 48.8 Å². The monoisotopic (exact) mass is 331 g/mol. The molecule has 0 atom stereocenters. The third-order valence-corrected chi connectivity index (χ3v) is 5.02. The van der Waals surface area contributed by atoms with E-state index in [0.29, 0.717) is 5.56 Å². The Morgan fingerprint density at radius 1 is 0.800 bits per heavy atom. The van der Waals surface area contributed by atoms with Gasteiger partial charge in [0, 0.05) is 25.2 Å². The summed E-state index contributed by atoms with van der Waals surface area (Å²) in [6, 6.07) is 24.5. The summed E-state index contributed by atoms with van der Waals surface area (Å²) in [6.07, 6.45) is 1.62. The van der Waals surface area contributed by atoms with Gasteiger partial charge in [0.25, 0.3) is 0 Å². The second kappa shape index (κ2) is 7.20. The number of benzene rings is 3. The molecule has 0 bridgehead atoms. The van der Waals surface area contributed by atoms with Crippen LogP contribution in [0.4, 0.5) is 4.39 Å². The average Bonchev–Trinajstić information content (AvgIpc) is 2.68. The first-order valence-corrected chi connectivity index (χ1v) is 8.92. The van der Waals surface area contributed by atoms with Crippen LogP contribution in [0.15, 0.2) is 78.4 Å². The van der Waals surface area contributed by atoms with Crippen molar-refractivity contribution in [3.8, 4) is 0 Å². The van der Waals surface area contributed by atoms with Crippen molar-refractivity contribution in [2.24, 2.45) is 0 Å². The van der Waals surface area contributed by atoms with Gasteiger partial charge in [-0.1, -0.05) is 66.7 Å². The van der Waals surface area contributed by atoms with E-state index in [1.54, 1.807) is 0 Å². The number of likely N-dealkylation sites (tertiary alicyclic amines) is 1. The molecule has 0 saturated carbocycles. The van der Waals surface area contributed by atoms with Gasteiger partial charge >= 0.3 is 0 Å². The highest BCUT2D eigenvalue weighted by atomic mass is 19.1. The fraction of sp³-hybridized carbons (Fsp3) is 0.217. The fourth-order valence-corrected chi connectivity index (χ4v) is 3.57. The molecule has 1 fully saturated rings. The third-order valence-electron chi connectivity index (χ3n) is 5.02. The van der Waals surface area contributed by atoms with Gasteiger partial charge in [0.15, 0.2) is 0 Å². The predicted molar refractivity (Wildman–Crippen MR) is 103 cm³/mol. The molecule has 0 aromatic heterocycles. The van der Waals surface area contributed by atoms with E-state index in [9.17, 15) is 4.39 Å². The van der Waals surface area contributed by atoms with Crippen molar-refractivity contribution in [1.29, 1.82) is 0 Å². The van der Waals surface area contributed by atoms with Gasteiger partial charge in [0.1, 0.15) is 5.83 Å². The minimum Gasteiger partial charge on any atom is -0.298 e. The van der Waals surface area contributed by atoms with Gasteiger partial charge < -0.3 is 0 Å². The Morgan fingerprint density at radius 3 is 2.24 bits per heavy atom. The van der Waals surface area contributed by atoms with E-state index in [-0.39, 0.29) is 5.83 Å². The molecule has 25 heavy (non-hydrogen) atoms. The highest BCUT2D eigenvalue weighted by molar-refractivity contribution is 5.85. The van der Waals surface area contributed by atoms with Crippen LogP contribution in [0.25, 0.3) is 16.6 Å². The summed E-state index contributed by atoms with van der Waals surface area (Å²) in [5.74, 6) is -0.0230. The van der Waals surface area contributed by atoms with Crippen molar-refractivity contribution < 1.29 is 4.39 Å². The van der Waals surface area contributed by atoms with Crippen LogP contribution in [0.5, 0.6) is 0 Å². The Morgan fingerprint density at radius 2 is 1.48 bits per heavy atom. The minimum atomic E-state index is -0.0230. The van der Waals surface area contributed by atoms with Gasteiger partial charge in [-0.05, 0) is 40.8 Å². The normalized spacial score (nSPS) is 15.5. The number of fused-ring (bicyclic) bond motifs is 1. The first kappa shape index (κ1) is 16.0. The van der Waals surface area contributed by atoms with Gasteiger partial charge in [-0.25, -0.2) is 4.39 Å². The van der Waals surface area contributed by atoms with Crippen molar-refractivity contribution in [2.75, 3.05) is 13.1 Å². The lowest BCUT2D eigenvalue weighted by Crippen LogP contribution is -2.30. The zero-order chi connectivity index (χ0) is 17.1. The molecule has 1 aliphatic rings. The van der Waals surface area contributed by atoms with Crippen LogP contribution in [0.3, 0.4) is 0 Å². The second-order valence-electron chi connectivity index (χ2n) is 6.74. The molecule has 1 aliphatic heterocycles. The summed E-state index contributed by atoms with van der Waals surface area (Å²) in [4.78, 5) is 2.41. The van der Waals surface area contributed by atoms with E-state index >= 15 is 0 Å². The molecule has 4 rings (SSSR count). The van der Waals surface area contributed by atoms with Crippen LogP contribution in [-0.2, 0) is 6.54 Å². The smallest absolute Gasteiger partial charge is 0.129 e. The van der Waals surface area contributed by atoms with Gasteiger partial charge in [-0.2, -0.15) is 0 Å². The first-order chi connectivity index (χ1) is 12.3. The van der Waals surface area contributed by atoms with E-state index in [1.807, 2.05) is 42.5 Å². The molecule has 0 aliphatic carbocycles. The van der Waals surface area contributed by atoms with Crippen molar-refractivity contribution in [1.82, 2.24) is 4.90 Å². The predicted octanol–water partition coefficient (Wildman–Crippen LogP) is 5.82. The summed E-state index contributed by atoms with van der Waals surface area (Å²) in [5, 5.41) is 2.25. The Kier molecular flexibility index (Phi) is 4.62. The maximum atomic E-state index is 15.0. The number of piperidine rings is 1. The number of halogens is 1. The molecule has 1 saturated heterocycles. The molecular weight excluding hydrogens is 309 g/mol. The number of hydrogen-bond acceptors (Lipinski definition) is 1. The quantitative estimate of drug-likeness (QED) is 0.585. The number of nitrogens with zero attached hydrogens (tertiary/aromatic N) is 1. The van der Waals surface area contributed by atoms with E-state index < -0.39 is 0 Å². The largest absolute Gasteiger partial charge is 0.298 e. The highest BCUT2D eigenvalue weighted by Gasteiger charge is 2.18. The van der Waals surface area contributed by atoms with Crippen molar-refractivity contribution >= 4 is 16.6 Å². The third kappa shape index (κ3) is 3.64. The molecule has 0 amide bonds. The first-order valence-electron chi connectivity index (χ1n) is 8.92. The van der Waals surface area contributed by atoms with Crippen molar-refractivity contribution in [2.45, 2.75) is 19.4 Å². The summed E-state index contributed by atoms with van der Waals surface area (Å²) in [7, 11) is 0. The molecule has 3 aromatic carbocycles. The summed E-state index contributed by atoms with van der Waals surface area (Å²) < 4.78 is 15.0. The minimum absolute atomic E-state index is 0.0230. The molecule has 1 heterocycles. The zero-order valence-electron chi connectivity index (χ0n) is 14.3.